The zero-order valence-corrected chi connectivity index (χ0v) is 15.6. The van der Waals surface area contributed by atoms with E-state index in [1.807, 2.05) is 11.0 Å². The largest absolute Gasteiger partial charge is 0.394 e. The van der Waals surface area contributed by atoms with Crippen molar-refractivity contribution in [2.24, 2.45) is 5.92 Å². The van der Waals surface area contributed by atoms with Gasteiger partial charge < -0.3 is 14.6 Å². The number of pyridine rings is 1. The maximum atomic E-state index is 13.2. The molecule has 0 unspecified atom stereocenters. The zero-order chi connectivity index (χ0) is 20.0. The molecule has 2 aliphatic rings. The van der Waals surface area contributed by atoms with Gasteiger partial charge in [0, 0.05) is 42.2 Å². The van der Waals surface area contributed by atoms with Crippen molar-refractivity contribution in [2.45, 2.75) is 18.4 Å². The molecule has 2 bridgehead atoms. The first-order valence-corrected chi connectivity index (χ1v) is 9.60. The van der Waals surface area contributed by atoms with Crippen LogP contribution in [-0.4, -0.2) is 60.4 Å². The predicted octanol–water partition coefficient (Wildman–Crippen LogP) is 0.617. The SMILES string of the molecule is O=C(c1ccc(-n2cnnn2)cc1)N1C[C@H]2C[C@@H](C1)[C@H](CO)n1c2cccc1=O. The van der Waals surface area contributed by atoms with E-state index in [0.717, 1.165) is 17.8 Å². The van der Waals surface area contributed by atoms with Crippen LogP contribution < -0.4 is 5.56 Å². The van der Waals surface area contributed by atoms with Crippen LogP contribution in [0.1, 0.15) is 34.4 Å². The summed E-state index contributed by atoms with van der Waals surface area (Å²) in [7, 11) is 0. The van der Waals surface area contributed by atoms with Crippen molar-refractivity contribution in [3.05, 3.63) is 70.4 Å². The van der Waals surface area contributed by atoms with E-state index in [4.69, 9.17) is 0 Å². The summed E-state index contributed by atoms with van der Waals surface area (Å²) in [6.45, 7) is 0.971. The molecule has 29 heavy (non-hydrogen) atoms. The lowest BCUT2D eigenvalue weighted by Crippen LogP contribution is -2.51. The van der Waals surface area contributed by atoms with Crippen LogP contribution in [0.5, 0.6) is 0 Å². The Kier molecular flexibility index (Phi) is 4.24. The molecule has 1 fully saturated rings. The van der Waals surface area contributed by atoms with Crippen molar-refractivity contribution < 1.29 is 9.90 Å². The van der Waals surface area contributed by atoms with Crippen LogP contribution in [0.2, 0.25) is 0 Å². The number of amides is 1. The summed E-state index contributed by atoms with van der Waals surface area (Å²) >= 11 is 0. The fourth-order valence-electron chi connectivity index (χ4n) is 4.66. The monoisotopic (exact) mass is 392 g/mol. The highest BCUT2D eigenvalue weighted by Gasteiger charge is 2.41. The Morgan fingerprint density at radius 2 is 1.97 bits per heavy atom. The van der Waals surface area contributed by atoms with Crippen LogP contribution in [0.3, 0.4) is 0 Å². The lowest BCUT2D eigenvalue weighted by atomic mass is 9.78. The summed E-state index contributed by atoms with van der Waals surface area (Å²) in [5, 5.41) is 21.0. The molecule has 0 radical (unpaired) electrons. The average molecular weight is 392 g/mol. The Hall–Kier alpha value is -3.33. The first-order chi connectivity index (χ1) is 14.2. The van der Waals surface area contributed by atoms with Crippen LogP contribution >= 0.6 is 0 Å². The maximum absolute atomic E-state index is 13.2. The second-order valence-electron chi connectivity index (χ2n) is 7.61. The number of piperidine rings is 1. The number of benzene rings is 1. The van der Waals surface area contributed by atoms with E-state index < -0.39 is 0 Å². The van der Waals surface area contributed by atoms with Crippen LogP contribution in [0.4, 0.5) is 0 Å². The second kappa shape index (κ2) is 6.93. The quantitative estimate of drug-likeness (QED) is 0.700. The summed E-state index contributed by atoms with van der Waals surface area (Å²) in [5.74, 6) is 0.0945. The normalized spacial score (nSPS) is 22.9. The van der Waals surface area contributed by atoms with Crippen LogP contribution in [0, 0.1) is 5.92 Å². The highest BCUT2D eigenvalue weighted by Crippen LogP contribution is 2.41. The number of nitrogens with zero attached hydrogens (tertiary/aromatic N) is 6. The van der Waals surface area contributed by atoms with Gasteiger partial charge in [0.15, 0.2) is 0 Å². The third-order valence-electron chi connectivity index (χ3n) is 6.00. The third kappa shape index (κ3) is 2.94. The number of aromatic nitrogens is 5. The van der Waals surface area contributed by atoms with E-state index in [0.29, 0.717) is 18.7 Å². The molecule has 5 rings (SSSR count). The van der Waals surface area contributed by atoms with Crippen molar-refractivity contribution in [3.8, 4) is 5.69 Å². The van der Waals surface area contributed by atoms with Crippen molar-refractivity contribution in [2.75, 3.05) is 19.7 Å². The number of hydrogen-bond acceptors (Lipinski definition) is 6. The number of aliphatic hydroxyl groups is 1. The molecule has 0 saturated carbocycles. The topological polar surface area (TPSA) is 106 Å². The van der Waals surface area contributed by atoms with E-state index in [1.165, 1.54) is 17.1 Å². The molecule has 1 amide bonds. The molecule has 9 nitrogen and oxygen atoms in total. The Morgan fingerprint density at radius 3 is 2.69 bits per heavy atom. The molecule has 3 aromatic rings. The van der Waals surface area contributed by atoms with Gasteiger partial charge in [0.1, 0.15) is 6.33 Å². The molecule has 148 valence electrons. The number of rotatable bonds is 3. The number of carbonyl (C=O) groups is 1. The number of tetrazole rings is 1. The fraction of sp³-hybridized carbons (Fsp3) is 0.350. The van der Waals surface area contributed by atoms with E-state index in [1.54, 1.807) is 34.9 Å². The van der Waals surface area contributed by atoms with Crippen molar-refractivity contribution in [1.29, 1.82) is 0 Å². The molecular formula is C20H20N6O3. The first-order valence-electron chi connectivity index (χ1n) is 9.60. The molecule has 2 aromatic heterocycles. The molecule has 2 aliphatic heterocycles. The van der Waals surface area contributed by atoms with Crippen LogP contribution in [0.15, 0.2) is 53.6 Å². The molecule has 4 heterocycles. The number of aliphatic hydroxyl groups excluding tert-OH is 1. The summed E-state index contributed by atoms with van der Waals surface area (Å²) in [5.41, 5.74) is 2.18. The Labute approximate surface area is 166 Å². The number of carbonyl (C=O) groups excluding carboxylic acids is 1. The van der Waals surface area contributed by atoms with Gasteiger partial charge >= 0.3 is 0 Å². The minimum atomic E-state index is -0.298. The summed E-state index contributed by atoms with van der Waals surface area (Å²) in [6, 6.07) is 12.1. The standard InChI is InChI=1S/C20H20N6O3/c27-11-18-15-8-14(17-2-1-3-19(28)26(17)18)9-24(10-15)20(29)13-4-6-16(7-5-13)25-12-21-22-23-25/h1-7,12,14-15,18,27H,8-11H2/t14-,15+,18+/m1/s1. The molecule has 9 heteroatoms. The third-order valence-corrected chi connectivity index (χ3v) is 6.00. The minimum absolute atomic E-state index is 0.0496. The highest BCUT2D eigenvalue weighted by molar-refractivity contribution is 5.94. The predicted molar refractivity (Wildman–Crippen MR) is 103 cm³/mol. The summed E-state index contributed by atoms with van der Waals surface area (Å²) in [6.07, 6.45) is 2.37. The van der Waals surface area contributed by atoms with Gasteiger partial charge in [0.25, 0.3) is 11.5 Å². The smallest absolute Gasteiger partial charge is 0.253 e. The van der Waals surface area contributed by atoms with Gasteiger partial charge in [-0.05, 0) is 47.2 Å². The maximum Gasteiger partial charge on any atom is 0.253 e. The van der Waals surface area contributed by atoms with Crippen molar-refractivity contribution in [1.82, 2.24) is 29.7 Å². The van der Waals surface area contributed by atoms with E-state index in [2.05, 4.69) is 15.5 Å². The molecule has 0 aliphatic carbocycles. The van der Waals surface area contributed by atoms with Gasteiger partial charge in [-0.3, -0.25) is 9.59 Å². The summed E-state index contributed by atoms with van der Waals surface area (Å²) < 4.78 is 3.25. The Morgan fingerprint density at radius 1 is 1.14 bits per heavy atom. The van der Waals surface area contributed by atoms with Gasteiger partial charge in [-0.15, -0.1) is 5.10 Å². The lowest BCUT2D eigenvalue weighted by molar-refractivity contribution is 0.0437. The number of fused-ring (bicyclic) bond motifs is 4. The van der Waals surface area contributed by atoms with Crippen molar-refractivity contribution >= 4 is 5.91 Å². The van der Waals surface area contributed by atoms with Crippen molar-refractivity contribution in [3.63, 3.8) is 0 Å². The Bertz CT molecular complexity index is 1090. The van der Waals surface area contributed by atoms with E-state index >= 15 is 0 Å². The first kappa shape index (κ1) is 17.7. The molecule has 1 aromatic carbocycles. The highest BCUT2D eigenvalue weighted by atomic mass is 16.3. The van der Waals surface area contributed by atoms with Crippen LogP contribution in [0.25, 0.3) is 5.69 Å². The van der Waals surface area contributed by atoms with Gasteiger partial charge in [0.05, 0.1) is 18.3 Å². The number of likely N-dealkylation sites (tertiary alicyclic amines) is 1. The van der Waals surface area contributed by atoms with Gasteiger partial charge in [-0.25, -0.2) is 4.68 Å². The molecular weight excluding hydrogens is 372 g/mol. The average Bonchev–Trinajstić information content (AvgIpc) is 3.29. The van der Waals surface area contributed by atoms with Gasteiger partial charge in [-0.2, -0.15) is 0 Å². The van der Waals surface area contributed by atoms with E-state index in [9.17, 15) is 14.7 Å². The number of hydrogen-bond donors (Lipinski definition) is 1. The molecule has 0 spiro atoms. The molecule has 3 atom stereocenters. The zero-order valence-electron chi connectivity index (χ0n) is 15.6. The van der Waals surface area contributed by atoms with Crippen LogP contribution in [-0.2, 0) is 0 Å². The van der Waals surface area contributed by atoms with E-state index in [-0.39, 0.29) is 36.0 Å². The minimum Gasteiger partial charge on any atom is -0.394 e. The fourth-order valence-corrected chi connectivity index (χ4v) is 4.66. The Balaban J connectivity index is 1.42. The molecule has 1 saturated heterocycles. The van der Waals surface area contributed by atoms with Gasteiger partial charge in [-0.1, -0.05) is 6.07 Å². The lowest BCUT2D eigenvalue weighted by Gasteiger charge is -2.46. The molecule has 1 N–H and O–H groups in total. The van der Waals surface area contributed by atoms with Gasteiger partial charge in [0.2, 0.25) is 0 Å². The second-order valence-corrected chi connectivity index (χ2v) is 7.61. The summed E-state index contributed by atoms with van der Waals surface area (Å²) in [4.78, 5) is 27.4.